The van der Waals surface area contributed by atoms with E-state index in [2.05, 4.69) is 37.1 Å². The number of rotatable bonds is 4. The van der Waals surface area contributed by atoms with Gasteiger partial charge in [0.1, 0.15) is 16.5 Å². The summed E-state index contributed by atoms with van der Waals surface area (Å²) in [5, 5.41) is 4.39. The highest BCUT2D eigenvalue weighted by Gasteiger charge is 2.28. The van der Waals surface area contributed by atoms with Gasteiger partial charge in [-0.25, -0.2) is 14.8 Å². The second kappa shape index (κ2) is 9.29. The fourth-order valence-electron chi connectivity index (χ4n) is 4.91. The summed E-state index contributed by atoms with van der Waals surface area (Å²) in [4.78, 5) is 29.9. The maximum Gasteiger partial charge on any atom is 0.321 e. The third-order valence-corrected chi connectivity index (χ3v) is 8.02. The summed E-state index contributed by atoms with van der Waals surface area (Å²) in [7, 11) is 0. The molecular formula is C26H33N5OS. The number of fused-ring (bicyclic) bond motifs is 3. The monoisotopic (exact) mass is 463 g/mol. The van der Waals surface area contributed by atoms with E-state index in [1.54, 1.807) is 0 Å². The number of piperazine rings is 1. The van der Waals surface area contributed by atoms with Gasteiger partial charge in [0.2, 0.25) is 0 Å². The number of aryl methyl sites for hydroxylation is 3. The van der Waals surface area contributed by atoms with Gasteiger partial charge in [-0.15, -0.1) is 11.3 Å². The lowest BCUT2D eigenvalue weighted by Crippen LogP contribution is -2.50. The molecule has 0 bridgehead atoms. The van der Waals surface area contributed by atoms with E-state index in [1.165, 1.54) is 35.1 Å². The lowest BCUT2D eigenvalue weighted by Gasteiger charge is -2.36. The van der Waals surface area contributed by atoms with Crippen LogP contribution in [0, 0.1) is 0 Å². The van der Waals surface area contributed by atoms with Crippen molar-refractivity contribution in [1.82, 2.24) is 14.9 Å². The van der Waals surface area contributed by atoms with Crippen molar-refractivity contribution in [2.75, 3.05) is 36.4 Å². The lowest BCUT2D eigenvalue weighted by atomic mass is 9.96. The van der Waals surface area contributed by atoms with Crippen LogP contribution in [0.15, 0.2) is 24.3 Å². The molecule has 0 saturated carbocycles. The SMILES string of the molecule is CCc1ccccc1NC(=O)N1CCN(c2nc(C(C)C)nc3sc4c(c23)CCCC4)CC1. The number of carbonyl (C=O) groups excluding carboxylic acids is 1. The lowest BCUT2D eigenvalue weighted by molar-refractivity contribution is 0.208. The first-order valence-corrected chi connectivity index (χ1v) is 13.1. The van der Waals surface area contributed by atoms with Gasteiger partial charge in [0.25, 0.3) is 0 Å². The smallest absolute Gasteiger partial charge is 0.321 e. The second-order valence-corrected chi connectivity index (χ2v) is 10.4. The van der Waals surface area contributed by atoms with Crippen molar-refractivity contribution in [1.29, 1.82) is 0 Å². The Labute approximate surface area is 200 Å². The Balaban J connectivity index is 1.37. The number of thiophene rings is 1. The first-order chi connectivity index (χ1) is 16.0. The van der Waals surface area contributed by atoms with Crippen LogP contribution in [-0.4, -0.2) is 47.1 Å². The molecule has 2 aliphatic rings. The van der Waals surface area contributed by atoms with Gasteiger partial charge in [-0.05, 0) is 49.3 Å². The average Bonchev–Trinajstić information content (AvgIpc) is 3.22. The van der Waals surface area contributed by atoms with Gasteiger partial charge in [-0.1, -0.05) is 39.0 Å². The Hall–Kier alpha value is -2.67. The first kappa shape index (κ1) is 22.1. The minimum atomic E-state index is -0.0147. The van der Waals surface area contributed by atoms with Crippen LogP contribution >= 0.6 is 11.3 Å². The summed E-state index contributed by atoms with van der Waals surface area (Å²) in [5.41, 5.74) is 3.55. The predicted molar refractivity (Wildman–Crippen MR) is 137 cm³/mol. The van der Waals surface area contributed by atoms with Crippen LogP contribution in [-0.2, 0) is 19.3 Å². The van der Waals surface area contributed by atoms with Gasteiger partial charge < -0.3 is 15.1 Å². The predicted octanol–water partition coefficient (Wildman–Crippen LogP) is 5.61. The number of aromatic nitrogens is 2. The van der Waals surface area contributed by atoms with Crippen LogP contribution < -0.4 is 10.2 Å². The van der Waals surface area contributed by atoms with E-state index in [0.717, 1.165) is 53.7 Å². The zero-order valence-electron chi connectivity index (χ0n) is 19.9. The van der Waals surface area contributed by atoms with Crippen LogP contribution in [0.3, 0.4) is 0 Å². The summed E-state index contributed by atoms with van der Waals surface area (Å²) < 4.78 is 0. The van der Waals surface area contributed by atoms with Gasteiger partial charge >= 0.3 is 6.03 Å². The largest absolute Gasteiger partial charge is 0.352 e. The molecule has 0 spiro atoms. The zero-order valence-corrected chi connectivity index (χ0v) is 20.7. The zero-order chi connectivity index (χ0) is 22.9. The summed E-state index contributed by atoms with van der Waals surface area (Å²) in [6.45, 7) is 9.39. The van der Waals surface area contributed by atoms with Crippen molar-refractivity contribution < 1.29 is 4.79 Å². The molecule has 6 nitrogen and oxygen atoms in total. The topological polar surface area (TPSA) is 61.4 Å². The van der Waals surface area contributed by atoms with Crippen molar-refractivity contribution in [2.24, 2.45) is 0 Å². The Morgan fingerprint density at radius 3 is 2.61 bits per heavy atom. The highest BCUT2D eigenvalue weighted by atomic mass is 32.1. The Morgan fingerprint density at radius 2 is 1.85 bits per heavy atom. The quantitative estimate of drug-likeness (QED) is 0.546. The summed E-state index contributed by atoms with van der Waals surface area (Å²) >= 11 is 1.87. The van der Waals surface area contributed by atoms with Crippen molar-refractivity contribution in [3.63, 3.8) is 0 Å². The van der Waals surface area contributed by atoms with Crippen LogP contribution in [0.4, 0.5) is 16.3 Å². The van der Waals surface area contributed by atoms with Crippen LogP contribution in [0.5, 0.6) is 0 Å². The molecule has 7 heteroatoms. The molecule has 1 aromatic carbocycles. The van der Waals surface area contributed by atoms with E-state index < -0.39 is 0 Å². The minimum Gasteiger partial charge on any atom is -0.352 e. The summed E-state index contributed by atoms with van der Waals surface area (Å²) in [6, 6.07) is 8.03. The van der Waals surface area contributed by atoms with E-state index in [0.29, 0.717) is 13.1 Å². The molecule has 3 heterocycles. The average molecular weight is 464 g/mol. The number of benzene rings is 1. The minimum absolute atomic E-state index is 0.0147. The van der Waals surface area contributed by atoms with E-state index in [-0.39, 0.29) is 11.9 Å². The molecule has 2 amide bonds. The number of nitrogens with one attached hydrogen (secondary N) is 1. The molecular weight excluding hydrogens is 430 g/mol. The number of nitrogens with zero attached hydrogens (tertiary/aromatic N) is 4. The molecule has 1 saturated heterocycles. The molecule has 0 atom stereocenters. The van der Waals surface area contributed by atoms with Gasteiger partial charge in [0.15, 0.2) is 0 Å². The standard InChI is InChI=1S/C26H33N5OS/c1-4-18-9-5-7-11-20(18)27-26(32)31-15-13-30(14-16-31)24-22-19-10-6-8-12-21(19)33-25(22)29-23(28-24)17(2)3/h5,7,9,11,17H,4,6,8,10,12-16H2,1-3H3,(H,27,32). The molecule has 1 aliphatic heterocycles. The number of hydrogen-bond acceptors (Lipinski definition) is 5. The van der Waals surface area contributed by atoms with E-state index >= 15 is 0 Å². The first-order valence-electron chi connectivity index (χ1n) is 12.3. The van der Waals surface area contributed by atoms with Gasteiger partial charge in [-0.2, -0.15) is 0 Å². The van der Waals surface area contributed by atoms with Crippen molar-refractivity contribution in [3.05, 3.63) is 46.1 Å². The van der Waals surface area contributed by atoms with E-state index in [4.69, 9.17) is 9.97 Å². The normalized spacial score (nSPS) is 16.4. The highest BCUT2D eigenvalue weighted by molar-refractivity contribution is 7.19. The van der Waals surface area contributed by atoms with Gasteiger partial charge in [-0.3, -0.25) is 0 Å². The van der Waals surface area contributed by atoms with Gasteiger partial charge in [0.05, 0.1) is 5.39 Å². The molecule has 1 aliphatic carbocycles. The molecule has 5 rings (SSSR count). The Kier molecular flexibility index (Phi) is 6.23. The number of hydrogen-bond donors (Lipinski definition) is 1. The Bertz CT molecular complexity index is 1160. The van der Waals surface area contributed by atoms with Crippen LogP contribution in [0.2, 0.25) is 0 Å². The fourth-order valence-corrected chi connectivity index (χ4v) is 6.17. The van der Waals surface area contributed by atoms with Crippen molar-refractivity contribution in [3.8, 4) is 0 Å². The summed E-state index contributed by atoms with van der Waals surface area (Å²) in [6.07, 6.45) is 5.72. The number of carbonyl (C=O) groups is 1. The number of anilines is 2. The fraction of sp³-hybridized carbons (Fsp3) is 0.500. The molecule has 174 valence electrons. The molecule has 1 N–H and O–H groups in total. The third kappa shape index (κ3) is 4.31. The number of urea groups is 1. The number of amides is 2. The molecule has 0 unspecified atom stereocenters. The maximum atomic E-state index is 13.0. The van der Waals surface area contributed by atoms with Crippen LogP contribution in [0.1, 0.15) is 61.4 Å². The highest BCUT2D eigenvalue weighted by Crippen LogP contribution is 2.40. The van der Waals surface area contributed by atoms with Crippen molar-refractivity contribution >= 4 is 39.1 Å². The molecule has 3 aromatic rings. The molecule has 1 fully saturated rings. The molecule has 0 radical (unpaired) electrons. The molecule has 2 aromatic heterocycles. The molecule has 33 heavy (non-hydrogen) atoms. The number of para-hydroxylation sites is 1. The van der Waals surface area contributed by atoms with E-state index in [1.807, 2.05) is 34.4 Å². The third-order valence-electron chi connectivity index (χ3n) is 6.84. The van der Waals surface area contributed by atoms with E-state index in [9.17, 15) is 4.79 Å². The maximum absolute atomic E-state index is 13.0. The summed E-state index contributed by atoms with van der Waals surface area (Å²) in [5.74, 6) is 2.30. The second-order valence-electron chi connectivity index (χ2n) is 9.37. The van der Waals surface area contributed by atoms with Crippen molar-refractivity contribution in [2.45, 2.75) is 58.8 Å². The van der Waals surface area contributed by atoms with Gasteiger partial charge in [0, 0.05) is 42.7 Å². The van der Waals surface area contributed by atoms with Crippen LogP contribution in [0.25, 0.3) is 10.2 Å². The Morgan fingerprint density at radius 1 is 1.09 bits per heavy atom.